The van der Waals surface area contributed by atoms with Crippen molar-refractivity contribution in [2.75, 3.05) is 20.1 Å². The van der Waals surface area contributed by atoms with Crippen LogP contribution in [0, 0.1) is 0 Å². The minimum absolute atomic E-state index is 0.677. The Bertz CT molecular complexity index is 481. The molecule has 1 heterocycles. The van der Waals surface area contributed by atoms with E-state index in [1.54, 1.807) is 11.3 Å². The predicted octanol–water partition coefficient (Wildman–Crippen LogP) is 2.32. The Morgan fingerprint density at radius 3 is 2.74 bits per heavy atom. The van der Waals surface area contributed by atoms with Crippen LogP contribution in [0.3, 0.4) is 0 Å². The third kappa shape index (κ3) is 4.74. The molecule has 0 bridgehead atoms. The number of hydrogen-bond acceptors (Lipinski definition) is 4. The highest BCUT2D eigenvalue weighted by Gasteiger charge is 2.05. The summed E-state index contributed by atoms with van der Waals surface area (Å²) in [5, 5.41) is 3.29. The van der Waals surface area contributed by atoms with Crippen molar-refractivity contribution in [2.24, 2.45) is 5.73 Å². The van der Waals surface area contributed by atoms with E-state index >= 15 is 0 Å². The lowest BCUT2D eigenvalue weighted by Gasteiger charge is -2.15. The molecule has 2 rings (SSSR count). The average molecular weight is 275 g/mol. The minimum Gasteiger partial charge on any atom is -0.330 e. The number of aromatic nitrogens is 1. The monoisotopic (exact) mass is 275 g/mol. The van der Waals surface area contributed by atoms with E-state index < -0.39 is 0 Å². The van der Waals surface area contributed by atoms with Crippen LogP contribution >= 0.6 is 11.3 Å². The third-order valence-electron chi connectivity index (χ3n) is 3.01. The van der Waals surface area contributed by atoms with Crippen molar-refractivity contribution in [2.45, 2.75) is 19.4 Å². The Balaban J connectivity index is 1.78. The molecule has 0 radical (unpaired) electrons. The van der Waals surface area contributed by atoms with Crippen molar-refractivity contribution in [3.8, 4) is 0 Å². The molecule has 1 aromatic heterocycles. The van der Waals surface area contributed by atoms with Crippen LogP contribution in [0.4, 0.5) is 0 Å². The van der Waals surface area contributed by atoms with E-state index in [1.807, 2.05) is 0 Å². The van der Waals surface area contributed by atoms with Gasteiger partial charge in [-0.15, -0.1) is 11.3 Å². The van der Waals surface area contributed by atoms with Crippen LogP contribution in [-0.2, 0) is 19.4 Å². The van der Waals surface area contributed by atoms with Crippen LogP contribution in [0.25, 0.3) is 0 Å². The molecule has 4 heteroatoms. The lowest BCUT2D eigenvalue weighted by atomic mass is 10.1. The Morgan fingerprint density at radius 2 is 2.00 bits per heavy atom. The first kappa shape index (κ1) is 14.2. The quantitative estimate of drug-likeness (QED) is 0.843. The molecule has 2 aromatic rings. The van der Waals surface area contributed by atoms with Gasteiger partial charge in [-0.05, 0) is 25.6 Å². The maximum Gasteiger partial charge on any atom is 0.0941 e. The normalized spacial score (nSPS) is 11.1. The molecular weight excluding hydrogens is 254 g/mol. The molecule has 0 aliphatic heterocycles. The summed E-state index contributed by atoms with van der Waals surface area (Å²) in [7, 11) is 2.14. The zero-order valence-electron chi connectivity index (χ0n) is 11.4. The van der Waals surface area contributed by atoms with Crippen molar-refractivity contribution >= 4 is 11.3 Å². The van der Waals surface area contributed by atoms with Crippen LogP contribution in [0.2, 0.25) is 0 Å². The molecule has 0 saturated heterocycles. The zero-order chi connectivity index (χ0) is 13.5. The predicted molar refractivity (Wildman–Crippen MR) is 81.4 cm³/mol. The first-order valence-corrected chi connectivity index (χ1v) is 7.51. The second kappa shape index (κ2) is 7.38. The molecule has 19 heavy (non-hydrogen) atoms. The fourth-order valence-electron chi connectivity index (χ4n) is 1.98. The first-order valence-electron chi connectivity index (χ1n) is 6.63. The Morgan fingerprint density at radius 1 is 1.21 bits per heavy atom. The molecule has 102 valence electrons. The number of nitrogens with zero attached hydrogens (tertiary/aromatic N) is 2. The highest BCUT2D eigenvalue weighted by Crippen LogP contribution is 2.12. The lowest BCUT2D eigenvalue weighted by molar-refractivity contribution is 0.327. The number of benzene rings is 1. The third-order valence-corrected chi connectivity index (χ3v) is 3.97. The lowest BCUT2D eigenvalue weighted by Crippen LogP contribution is -2.21. The van der Waals surface area contributed by atoms with Crippen LogP contribution < -0.4 is 5.73 Å². The van der Waals surface area contributed by atoms with Crippen LogP contribution in [0.15, 0.2) is 35.7 Å². The van der Waals surface area contributed by atoms with Gasteiger partial charge in [-0.25, -0.2) is 4.98 Å². The van der Waals surface area contributed by atoms with Crippen molar-refractivity contribution in [1.29, 1.82) is 0 Å². The van der Waals surface area contributed by atoms with Gasteiger partial charge in [0.05, 0.1) is 10.7 Å². The van der Waals surface area contributed by atoms with E-state index in [4.69, 9.17) is 5.73 Å². The Labute approximate surface area is 119 Å². The van der Waals surface area contributed by atoms with Gasteiger partial charge in [-0.2, -0.15) is 0 Å². The molecule has 0 saturated carbocycles. The molecule has 3 nitrogen and oxygen atoms in total. The van der Waals surface area contributed by atoms with Gasteiger partial charge in [0, 0.05) is 24.9 Å². The smallest absolute Gasteiger partial charge is 0.0941 e. The number of nitrogens with two attached hydrogens (primary N) is 1. The van der Waals surface area contributed by atoms with Gasteiger partial charge in [0.2, 0.25) is 0 Å². The van der Waals surface area contributed by atoms with Gasteiger partial charge in [0.15, 0.2) is 0 Å². The zero-order valence-corrected chi connectivity index (χ0v) is 12.2. The molecule has 0 aliphatic carbocycles. The van der Waals surface area contributed by atoms with Crippen LogP contribution in [0.5, 0.6) is 0 Å². The summed E-state index contributed by atoms with van der Waals surface area (Å²) in [6.45, 7) is 2.64. The minimum atomic E-state index is 0.677. The maximum atomic E-state index is 5.54. The summed E-state index contributed by atoms with van der Waals surface area (Å²) >= 11 is 1.71. The Hall–Kier alpha value is -1.23. The molecule has 0 unspecified atom stereocenters. The number of rotatable bonds is 7. The topological polar surface area (TPSA) is 42.1 Å². The first-order chi connectivity index (χ1) is 9.28. The van der Waals surface area contributed by atoms with Gasteiger partial charge in [0.1, 0.15) is 0 Å². The van der Waals surface area contributed by atoms with Crippen molar-refractivity contribution in [1.82, 2.24) is 9.88 Å². The highest BCUT2D eigenvalue weighted by atomic mass is 32.1. The highest BCUT2D eigenvalue weighted by molar-refractivity contribution is 7.09. The van der Waals surface area contributed by atoms with Crippen molar-refractivity contribution < 1.29 is 0 Å². The maximum absolute atomic E-state index is 5.54. The standard InChI is InChI=1S/C15H21N3S/c1-18(10-8-13-5-3-2-4-6-13)11-14-12-19-15(17-14)7-9-16/h2-6,12H,7-11,16H2,1H3. The largest absolute Gasteiger partial charge is 0.330 e. The molecule has 0 atom stereocenters. The van der Waals surface area contributed by atoms with Crippen molar-refractivity contribution in [3.05, 3.63) is 52.0 Å². The van der Waals surface area contributed by atoms with Crippen LogP contribution in [-0.4, -0.2) is 30.0 Å². The van der Waals surface area contributed by atoms with Crippen LogP contribution in [0.1, 0.15) is 16.3 Å². The summed E-state index contributed by atoms with van der Waals surface area (Å²) in [5.41, 5.74) is 8.08. The van der Waals surface area contributed by atoms with E-state index in [9.17, 15) is 0 Å². The molecule has 1 aromatic carbocycles. The van der Waals surface area contributed by atoms with E-state index in [0.29, 0.717) is 6.54 Å². The molecule has 0 spiro atoms. The molecule has 0 aliphatic rings. The van der Waals surface area contributed by atoms with Crippen molar-refractivity contribution in [3.63, 3.8) is 0 Å². The van der Waals surface area contributed by atoms with E-state index in [-0.39, 0.29) is 0 Å². The fraction of sp³-hybridized carbons (Fsp3) is 0.400. The molecule has 2 N–H and O–H groups in total. The summed E-state index contributed by atoms with van der Waals surface area (Å²) in [6.07, 6.45) is 1.97. The van der Waals surface area contributed by atoms with E-state index in [2.05, 4.69) is 52.6 Å². The van der Waals surface area contributed by atoms with Gasteiger partial charge in [-0.3, -0.25) is 0 Å². The second-order valence-electron chi connectivity index (χ2n) is 4.74. The number of likely N-dealkylation sites (N-methyl/N-ethyl adjacent to an activating group) is 1. The molecule has 0 amide bonds. The average Bonchev–Trinajstić information content (AvgIpc) is 2.85. The van der Waals surface area contributed by atoms with Gasteiger partial charge < -0.3 is 10.6 Å². The van der Waals surface area contributed by atoms with E-state index in [0.717, 1.165) is 36.6 Å². The van der Waals surface area contributed by atoms with E-state index in [1.165, 1.54) is 5.56 Å². The summed E-state index contributed by atoms with van der Waals surface area (Å²) in [4.78, 5) is 6.91. The van der Waals surface area contributed by atoms with Gasteiger partial charge >= 0.3 is 0 Å². The SMILES string of the molecule is CN(CCc1ccccc1)Cc1csc(CCN)n1. The van der Waals surface area contributed by atoms with Gasteiger partial charge in [-0.1, -0.05) is 30.3 Å². The van der Waals surface area contributed by atoms with Gasteiger partial charge in [0.25, 0.3) is 0 Å². The summed E-state index contributed by atoms with van der Waals surface area (Å²) in [6, 6.07) is 10.6. The molecular formula is C15H21N3S. The second-order valence-corrected chi connectivity index (χ2v) is 5.69. The number of hydrogen-bond donors (Lipinski definition) is 1. The Kier molecular flexibility index (Phi) is 5.51. The summed E-state index contributed by atoms with van der Waals surface area (Å²) < 4.78 is 0. The number of thiazole rings is 1. The fourth-order valence-corrected chi connectivity index (χ4v) is 2.79. The summed E-state index contributed by atoms with van der Waals surface area (Å²) in [5.74, 6) is 0. The molecule has 0 fully saturated rings.